The lowest BCUT2D eigenvalue weighted by molar-refractivity contribution is 0.440. The number of hydrogen-bond acceptors (Lipinski definition) is 2. The van der Waals surface area contributed by atoms with Crippen LogP contribution in [0.3, 0.4) is 0 Å². The number of hydrogen-bond donors (Lipinski definition) is 0. The summed E-state index contributed by atoms with van der Waals surface area (Å²) in [4.78, 5) is 0. The molecule has 1 aliphatic carbocycles. The van der Waals surface area contributed by atoms with Crippen LogP contribution < -0.4 is 0 Å². The molecule has 10 heavy (non-hydrogen) atoms. The highest BCUT2D eigenvalue weighted by molar-refractivity contribution is 7.99. The predicted molar refractivity (Wildman–Crippen MR) is 44.9 cm³/mol. The number of rotatable bonds is 1. The van der Waals surface area contributed by atoms with E-state index in [-0.39, 0.29) is 0 Å². The molecule has 0 amide bonds. The van der Waals surface area contributed by atoms with Gasteiger partial charge in [-0.15, -0.1) is 0 Å². The lowest BCUT2D eigenvalue weighted by atomic mass is 9.90. The van der Waals surface area contributed by atoms with Crippen molar-refractivity contribution >= 4 is 11.8 Å². The Morgan fingerprint density at radius 1 is 1.40 bits per heavy atom. The Hall–Kier alpha value is -0.160. The smallest absolute Gasteiger partial charge is 0.0667 e. The third-order valence-corrected chi connectivity index (χ3v) is 3.34. The minimum Gasteiger partial charge on any atom is -0.198 e. The average Bonchev–Trinajstić information content (AvgIpc) is 2.04. The maximum Gasteiger partial charge on any atom is 0.0667 e. The fourth-order valence-corrected chi connectivity index (χ4v) is 2.45. The van der Waals surface area contributed by atoms with Crippen LogP contribution in [-0.4, -0.2) is 11.5 Å². The van der Waals surface area contributed by atoms with Gasteiger partial charge in [0.15, 0.2) is 0 Å². The Balaban J connectivity index is 2.44. The summed E-state index contributed by atoms with van der Waals surface area (Å²) < 4.78 is 0. The van der Waals surface area contributed by atoms with Crippen molar-refractivity contribution in [1.29, 1.82) is 5.26 Å². The van der Waals surface area contributed by atoms with E-state index in [0.29, 0.717) is 11.2 Å². The Kier molecular flexibility index (Phi) is 3.08. The van der Waals surface area contributed by atoms with E-state index in [0.717, 1.165) is 6.42 Å². The Morgan fingerprint density at radius 2 is 2.10 bits per heavy atom. The average molecular weight is 155 g/mol. The summed E-state index contributed by atoms with van der Waals surface area (Å²) in [7, 11) is 0. The largest absolute Gasteiger partial charge is 0.198 e. The zero-order chi connectivity index (χ0) is 7.40. The molecule has 1 aliphatic rings. The van der Waals surface area contributed by atoms with Crippen molar-refractivity contribution in [3.63, 3.8) is 0 Å². The standard InChI is InChI=1S/C8H13NS/c1-10-8-5-3-2-4-7(8)6-9/h7-8H,2-5H2,1H3. The summed E-state index contributed by atoms with van der Waals surface area (Å²) >= 11 is 1.86. The summed E-state index contributed by atoms with van der Waals surface area (Å²) in [6, 6.07) is 2.38. The van der Waals surface area contributed by atoms with E-state index >= 15 is 0 Å². The molecule has 1 fully saturated rings. The van der Waals surface area contributed by atoms with Crippen LogP contribution >= 0.6 is 11.8 Å². The summed E-state index contributed by atoms with van der Waals surface area (Å²) in [6.07, 6.45) is 7.07. The first-order valence-electron chi connectivity index (χ1n) is 3.81. The van der Waals surface area contributed by atoms with Crippen LogP contribution in [0.1, 0.15) is 25.7 Å². The van der Waals surface area contributed by atoms with Gasteiger partial charge in [-0.1, -0.05) is 12.8 Å². The normalized spacial score (nSPS) is 33.2. The molecule has 56 valence electrons. The second kappa shape index (κ2) is 3.88. The van der Waals surface area contributed by atoms with E-state index in [2.05, 4.69) is 12.3 Å². The summed E-state index contributed by atoms with van der Waals surface area (Å²) in [5, 5.41) is 9.35. The van der Waals surface area contributed by atoms with E-state index in [9.17, 15) is 0 Å². The third kappa shape index (κ3) is 1.67. The summed E-state index contributed by atoms with van der Waals surface area (Å²) in [5.41, 5.74) is 0. The molecule has 2 heteroatoms. The molecule has 1 nitrogen and oxygen atoms in total. The molecule has 2 unspecified atom stereocenters. The maximum atomic E-state index is 8.73. The van der Waals surface area contributed by atoms with Crippen molar-refractivity contribution in [1.82, 2.24) is 0 Å². The molecular formula is C8H13NS. The van der Waals surface area contributed by atoms with Gasteiger partial charge < -0.3 is 0 Å². The molecule has 0 aromatic heterocycles. The highest BCUT2D eigenvalue weighted by atomic mass is 32.2. The summed E-state index contributed by atoms with van der Waals surface area (Å²) in [5.74, 6) is 0.337. The molecule has 0 radical (unpaired) electrons. The lowest BCUT2D eigenvalue weighted by Crippen LogP contribution is -2.19. The first kappa shape index (κ1) is 7.94. The van der Waals surface area contributed by atoms with Crippen LogP contribution in [0.15, 0.2) is 0 Å². The van der Waals surface area contributed by atoms with Crippen molar-refractivity contribution in [2.75, 3.05) is 6.26 Å². The van der Waals surface area contributed by atoms with Crippen LogP contribution in [0.5, 0.6) is 0 Å². The van der Waals surface area contributed by atoms with Crippen molar-refractivity contribution < 1.29 is 0 Å². The zero-order valence-electron chi connectivity index (χ0n) is 6.34. The first-order valence-corrected chi connectivity index (χ1v) is 5.09. The lowest BCUT2D eigenvalue weighted by Gasteiger charge is -2.24. The van der Waals surface area contributed by atoms with Gasteiger partial charge in [-0.05, 0) is 19.1 Å². The third-order valence-electron chi connectivity index (χ3n) is 2.17. The Bertz CT molecular complexity index is 139. The Morgan fingerprint density at radius 3 is 2.60 bits per heavy atom. The van der Waals surface area contributed by atoms with Gasteiger partial charge in [0.2, 0.25) is 0 Å². The van der Waals surface area contributed by atoms with Gasteiger partial charge in [-0.2, -0.15) is 17.0 Å². The molecule has 0 spiro atoms. The number of nitrogens with zero attached hydrogens (tertiary/aromatic N) is 1. The van der Waals surface area contributed by atoms with Gasteiger partial charge in [0.1, 0.15) is 0 Å². The van der Waals surface area contributed by atoms with Gasteiger partial charge in [-0.25, -0.2) is 0 Å². The maximum absolute atomic E-state index is 8.73. The SMILES string of the molecule is CSC1CCCCC1C#N. The van der Waals surface area contributed by atoms with Crippen LogP contribution in [0.2, 0.25) is 0 Å². The second-order valence-electron chi connectivity index (χ2n) is 2.79. The van der Waals surface area contributed by atoms with Gasteiger partial charge in [-0.3, -0.25) is 0 Å². The van der Waals surface area contributed by atoms with E-state index in [1.54, 1.807) is 0 Å². The predicted octanol–water partition coefficient (Wildman–Crippen LogP) is 2.43. The van der Waals surface area contributed by atoms with Gasteiger partial charge in [0, 0.05) is 5.25 Å². The van der Waals surface area contributed by atoms with E-state index in [1.807, 2.05) is 11.8 Å². The molecule has 1 rings (SSSR count). The molecule has 0 saturated heterocycles. The zero-order valence-corrected chi connectivity index (χ0v) is 7.16. The second-order valence-corrected chi connectivity index (χ2v) is 3.87. The molecule has 0 N–H and O–H groups in total. The van der Waals surface area contributed by atoms with E-state index in [1.165, 1.54) is 19.3 Å². The van der Waals surface area contributed by atoms with Crippen molar-refractivity contribution in [2.24, 2.45) is 5.92 Å². The fraction of sp³-hybridized carbons (Fsp3) is 0.875. The molecular weight excluding hydrogens is 142 g/mol. The molecule has 1 saturated carbocycles. The minimum absolute atomic E-state index is 0.337. The quantitative estimate of drug-likeness (QED) is 0.580. The van der Waals surface area contributed by atoms with Crippen LogP contribution in [0, 0.1) is 17.2 Å². The van der Waals surface area contributed by atoms with Crippen molar-refractivity contribution in [3.8, 4) is 6.07 Å². The fourth-order valence-electron chi connectivity index (χ4n) is 1.53. The molecule has 0 aliphatic heterocycles. The highest BCUT2D eigenvalue weighted by Gasteiger charge is 2.23. The van der Waals surface area contributed by atoms with E-state index in [4.69, 9.17) is 5.26 Å². The van der Waals surface area contributed by atoms with Gasteiger partial charge >= 0.3 is 0 Å². The Labute approximate surface area is 66.8 Å². The molecule has 2 atom stereocenters. The highest BCUT2D eigenvalue weighted by Crippen LogP contribution is 2.31. The minimum atomic E-state index is 0.337. The van der Waals surface area contributed by atoms with Gasteiger partial charge in [0.25, 0.3) is 0 Å². The van der Waals surface area contributed by atoms with Crippen LogP contribution in [-0.2, 0) is 0 Å². The first-order chi connectivity index (χ1) is 4.88. The van der Waals surface area contributed by atoms with Crippen LogP contribution in [0.25, 0.3) is 0 Å². The number of thioether (sulfide) groups is 1. The van der Waals surface area contributed by atoms with Crippen LogP contribution in [0.4, 0.5) is 0 Å². The molecule has 0 aromatic carbocycles. The molecule has 0 aromatic rings. The topological polar surface area (TPSA) is 23.8 Å². The van der Waals surface area contributed by atoms with Crippen molar-refractivity contribution in [3.05, 3.63) is 0 Å². The monoisotopic (exact) mass is 155 g/mol. The number of nitriles is 1. The van der Waals surface area contributed by atoms with Crippen molar-refractivity contribution in [2.45, 2.75) is 30.9 Å². The van der Waals surface area contributed by atoms with Gasteiger partial charge in [0.05, 0.1) is 12.0 Å². The van der Waals surface area contributed by atoms with E-state index < -0.39 is 0 Å². The molecule has 0 bridgehead atoms. The molecule has 0 heterocycles. The summed E-state index contributed by atoms with van der Waals surface area (Å²) in [6.45, 7) is 0.